The number of methoxy groups -OCH3 is 1. The van der Waals surface area contributed by atoms with Crippen molar-refractivity contribution < 1.29 is 9.47 Å². The summed E-state index contributed by atoms with van der Waals surface area (Å²) in [7, 11) is 1.76. The Hall–Kier alpha value is -0.120. The van der Waals surface area contributed by atoms with Gasteiger partial charge in [0.15, 0.2) is 0 Å². The molecular weight excluding hydrogens is 190 g/mol. The summed E-state index contributed by atoms with van der Waals surface area (Å²) < 4.78 is 11.5. The van der Waals surface area contributed by atoms with Crippen LogP contribution < -0.4 is 0 Å². The number of likely N-dealkylation sites (tertiary alicyclic amines) is 1. The van der Waals surface area contributed by atoms with Crippen molar-refractivity contribution in [2.24, 2.45) is 0 Å². The van der Waals surface area contributed by atoms with Crippen molar-refractivity contribution in [1.29, 1.82) is 0 Å². The molecule has 2 aliphatic rings. The van der Waals surface area contributed by atoms with Crippen LogP contribution >= 0.6 is 0 Å². The highest BCUT2D eigenvalue weighted by atomic mass is 16.7. The minimum Gasteiger partial charge on any atom is -0.343 e. The molecular formula is C12H23NO2. The van der Waals surface area contributed by atoms with Crippen molar-refractivity contribution in [3.05, 3.63) is 0 Å². The third-order valence-electron chi connectivity index (χ3n) is 3.50. The van der Waals surface area contributed by atoms with Crippen LogP contribution in [0.4, 0.5) is 0 Å². The summed E-state index contributed by atoms with van der Waals surface area (Å²) in [5.41, 5.74) is 0. The van der Waals surface area contributed by atoms with Gasteiger partial charge in [-0.2, -0.15) is 0 Å². The molecule has 1 aliphatic carbocycles. The smallest absolute Gasteiger partial charge is 0.218 e. The van der Waals surface area contributed by atoms with E-state index in [9.17, 15) is 0 Å². The van der Waals surface area contributed by atoms with E-state index >= 15 is 0 Å². The van der Waals surface area contributed by atoms with Gasteiger partial charge >= 0.3 is 0 Å². The lowest BCUT2D eigenvalue weighted by Gasteiger charge is -2.31. The molecule has 0 bridgehead atoms. The molecule has 0 amide bonds. The molecule has 0 N–H and O–H groups in total. The molecule has 0 radical (unpaired) electrons. The Morgan fingerprint density at radius 3 is 2.27 bits per heavy atom. The molecule has 1 heterocycles. The Morgan fingerprint density at radius 1 is 1.00 bits per heavy atom. The Bertz CT molecular complexity index is 174. The summed E-state index contributed by atoms with van der Waals surface area (Å²) in [6, 6.07) is 0. The molecule has 1 saturated carbocycles. The summed E-state index contributed by atoms with van der Waals surface area (Å²) in [5, 5.41) is 0. The summed E-state index contributed by atoms with van der Waals surface area (Å²) in [5.74, 6) is 0. The van der Waals surface area contributed by atoms with Crippen LogP contribution in [0.3, 0.4) is 0 Å². The first-order chi connectivity index (χ1) is 7.40. The Morgan fingerprint density at radius 2 is 1.67 bits per heavy atom. The number of rotatable bonds is 4. The SMILES string of the molecule is COC(OC1CCCCC1)N1CCCC1. The zero-order chi connectivity index (χ0) is 10.5. The van der Waals surface area contributed by atoms with Crippen LogP contribution in [0.15, 0.2) is 0 Å². The Kier molecular flexibility index (Phi) is 4.42. The molecule has 2 fully saturated rings. The largest absolute Gasteiger partial charge is 0.343 e. The quantitative estimate of drug-likeness (QED) is 0.669. The van der Waals surface area contributed by atoms with Crippen molar-refractivity contribution in [2.75, 3.05) is 20.2 Å². The van der Waals surface area contributed by atoms with Crippen molar-refractivity contribution in [3.8, 4) is 0 Å². The second-order valence-electron chi connectivity index (χ2n) is 4.68. The molecule has 2 rings (SSSR count). The monoisotopic (exact) mass is 213 g/mol. The number of nitrogens with zero attached hydrogens (tertiary/aromatic N) is 1. The average Bonchev–Trinajstić information content (AvgIpc) is 2.81. The van der Waals surface area contributed by atoms with Gasteiger partial charge in [0, 0.05) is 20.2 Å². The van der Waals surface area contributed by atoms with Crippen molar-refractivity contribution in [3.63, 3.8) is 0 Å². The van der Waals surface area contributed by atoms with Crippen molar-refractivity contribution in [2.45, 2.75) is 57.5 Å². The third-order valence-corrected chi connectivity index (χ3v) is 3.50. The van der Waals surface area contributed by atoms with Crippen molar-refractivity contribution in [1.82, 2.24) is 4.90 Å². The first-order valence-corrected chi connectivity index (χ1v) is 6.32. The van der Waals surface area contributed by atoms with Crippen LogP contribution in [0, 0.1) is 0 Å². The van der Waals surface area contributed by atoms with E-state index in [1.54, 1.807) is 7.11 Å². The van der Waals surface area contributed by atoms with Gasteiger partial charge in [-0.1, -0.05) is 19.3 Å². The minimum atomic E-state index is -0.0874. The first kappa shape index (κ1) is 11.4. The molecule has 0 aromatic carbocycles. The summed E-state index contributed by atoms with van der Waals surface area (Å²) in [4.78, 5) is 2.31. The number of hydrogen-bond acceptors (Lipinski definition) is 3. The average molecular weight is 213 g/mol. The Balaban J connectivity index is 1.78. The van der Waals surface area contributed by atoms with Gasteiger partial charge in [-0.05, 0) is 25.7 Å². The molecule has 0 aromatic heterocycles. The van der Waals surface area contributed by atoms with Gasteiger partial charge in [0.1, 0.15) is 0 Å². The van der Waals surface area contributed by atoms with E-state index < -0.39 is 0 Å². The van der Waals surface area contributed by atoms with E-state index in [0.717, 1.165) is 13.1 Å². The molecule has 0 spiro atoms. The lowest BCUT2D eigenvalue weighted by Crippen LogP contribution is -2.39. The summed E-state index contributed by atoms with van der Waals surface area (Å²) in [6.07, 6.45) is 9.37. The highest BCUT2D eigenvalue weighted by Gasteiger charge is 2.25. The van der Waals surface area contributed by atoms with E-state index in [4.69, 9.17) is 9.47 Å². The molecule has 15 heavy (non-hydrogen) atoms. The summed E-state index contributed by atoms with van der Waals surface area (Å²) in [6.45, 7) is 2.26. The molecule has 3 nitrogen and oxygen atoms in total. The second-order valence-corrected chi connectivity index (χ2v) is 4.68. The fourth-order valence-corrected chi connectivity index (χ4v) is 2.61. The topological polar surface area (TPSA) is 21.7 Å². The molecule has 1 atom stereocenters. The van der Waals surface area contributed by atoms with E-state index in [1.807, 2.05) is 0 Å². The zero-order valence-corrected chi connectivity index (χ0v) is 9.78. The lowest BCUT2D eigenvalue weighted by molar-refractivity contribution is -0.232. The predicted octanol–water partition coefficient (Wildman–Crippen LogP) is 2.36. The molecule has 1 aliphatic heterocycles. The molecule has 0 aromatic rings. The highest BCUT2D eigenvalue weighted by molar-refractivity contribution is 4.69. The predicted molar refractivity (Wildman–Crippen MR) is 59.6 cm³/mol. The van der Waals surface area contributed by atoms with Gasteiger partial charge in [0.05, 0.1) is 6.10 Å². The standard InChI is InChI=1S/C12H23NO2/c1-14-12(13-9-5-6-10-13)15-11-7-3-2-4-8-11/h11-12H,2-10H2,1H3. The summed E-state index contributed by atoms with van der Waals surface area (Å²) >= 11 is 0. The van der Waals surface area contributed by atoms with Gasteiger partial charge in [0.25, 0.3) is 0 Å². The number of ether oxygens (including phenoxy) is 2. The molecule has 88 valence electrons. The van der Waals surface area contributed by atoms with Gasteiger partial charge in [0.2, 0.25) is 6.41 Å². The zero-order valence-electron chi connectivity index (χ0n) is 9.78. The molecule has 3 heteroatoms. The molecule has 1 saturated heterocycles. The van der Waals surface area contributed by atoms with Crippen molar-refractivity contribution >= 4 is 0 Å². The van der Waals surface area contributed by atoms with Crippen LogP contribution in [0.1, 0.15) is 44.9 Å². The molecule has 1 unspecified atom stereocenters. The van der Waals surface area contributed by atoms with Crippen LogP contribution in [-0.2, 0) is 9.47 Å². The third kappa shape index (κ3) is 3.16. The van der Waals surface area contributed by atoms with Crippen LogP contribution in [-0.4, -0.2) is 37.6 Å². The maximum atomic E-state index is 6.03. The number of hydrogen-bond donors (Lipinski definition) is 0. The van der Waals surface area contributed by atoms with Gasteiger partial charge in [-0.3, -0.25) is 4.90 Å². The van der Waals surface area contributed by atoms with Crippen LogP contribution in [0.2, 0.25) is 0 Å². The van der Waals surface area contributed by atoms with E-state index in [2.05, 4.69) is 4.90 Å². The van der Waals surface area contributed by atoms with Gasteiger partial charge in [-0.15, -0.1) is 0 Å². The lowest BCUT2D eigenvalue weighted by atomic mass is 9.98. The fraction of sp³-hybridized carbons (Fsp3) is 1.00. The van der Waals surface area contributed by atoms with Gasteiger partial charge < -0.3 is 9.47 Å². The maximum absolute atomic E-state index is 6.03. The second kappa shape index (κ2) is 5.83. The fourth-order valence-electron chi connectivity index (χ4n) is 2.61. The maximum Gasteiger partial charge on any atom is 0.218 e. The highest BCUT2D eigenvalue weighted by Crippen LogP contribution is 2.23. The van der Waals surface area contributed by atoms with Crippen LogP contribution in [0.5, 0.6) is 0 Å². The van der Waals surface area contributed by atoms with Crippen LogP contribution in [0.25, 0.3) is 0 Å². The first-order valence-electron chi connectivity index (χ1n) is 6.32. The normalized spacial score (nSPS) is 27.0. The van der Waals surface area contributed by atoms with E-state index in [-0.39, 0.29) is 6.41 Å². The van der Waals surface area contributed by atoms with Gasteiger partial charge in [-0.25, -0.2) is 0 Å². The Labute approximate surface area is 92.7 Å². The van der Waals surface area contributed by atoms with E-state index in [0.29, 0.717) is 6.10 Å². The van der Waals surface area contributed by atoms with E-state index in [1.165, 1.54) is 44.9 Å². The minimum absolute atomic E-state index is 0.0874.